The van der Waals surface area contributed by atoms with Crippen LogP contribution in [-0.4, -0.2) is 9.97 Å². The van der Waals surface area contributed by atoms with Gasteiger partial charge in [0.2, 0.25) is 0 Å². The van der Waals surface area contributed by atoms with Crippen molar-refractivity contribution < 1.29 is 0 Å². The standard InChI is InChI=1S/C14H18ClN3/c15-10-7-11(16)14-12(8-10)17-13(18-14)6-9-4-2-1-3-5-9/h7-9H,1-6,16H2,(H,17,18). The first-order valence-corrected chi connectivity index (χ1v) is 7.04. The first kappa shape index (κ1) is 11.8. The number of H-pyrrole nitrogens is 1. The number of halogens is 1. The van der Waals surface area contributed by atoms with Crippen LogP contribution in [-0.2, 0) is 6.42 Å². The maximum Gasteiger partial charge on any atom is 0.112 e. The van der Waals surface area contributed by atoms with Crippen molar-refractivity contribution in [1.29, 1.82) is 0 Å². The van der Waals surface area contributed by atoms with Gasteiger partial charge in [0.1, 0.15) is 11.3 Å². The van der Waals surface area contributed by atoms with Gasteiger partial charge < -0.3 is 10.7 Å². The molecule has 0 amide bonds. The predicted molar refractivity (Wildman–Crippen MR) is 75.8 cm³/mol. The Labute approximate surface area is 112 Å². The molecule has 1 saturated carbocycles. The molecule has 3 N–H and O–H groups in total. The summed E-state index contributed by atoms with van der Waals surface area (Å²) in [6.45, 7) is 0. The van der Waals surface area contributed by atoms with Crippen molar-refractivity contribution in [3.05, 3.63) is 23.0 Å². The van der Waals surface area contributed by atoms with Crippen LogP contribution >= 0.6 is 11.6 Å². The van der Waals surface area contributed by atoms with Gasteiger partial charge in [-0.15, -0.1) is 0 Å². The number of aromatic amines is 1. The van der Waals surface area contributed by atoms with Crippen molar-refractivity contribution in [2.45, 2.75) is 38.5 Å². The van der Waals surface area contributed by atoms with Gasteiger partial charge in [-0.05, 0) is 18.1 Å². The molecule has 1 aliphatic carbocycles. The number of nitrogens with zero attached hydrogens (tertiary/aromatic N) is 1. The number of nitrogens with two attached hydrogens (primary N) is 1. The molecular formula is C14H18ClN3. The Morgan fingerprint density at radius 3 is 2.83 bits per heavy atom. The zero-order valence-electron chi connectivity index (χ0n) is 10.4. The lowest BCUT2D eigenvalue weighted by Gasteiger charge is -2.20. The molecule has 0 unspecified atom stereocenters. The first-order valence-electron chi connectivity index (χ1n) is 6.66. The minimum Gasteiger partial charge on any atom is -0.397 e. The highest BCUT2D eigenvalue weighted by atomic mass is 35.5. The number of fused-ring (bicyclic) bond motifs is 1. The van der Waals surface area contributed by atoms with E-state index in [2.05, 4.69) is 9.97 Å². The summed E-state index contributed by atoms with van der Waals surface area (Å²) >= 11 is 6.00. The highest BCUT2D eigenvalue weighted by Crippen LogP contribution is 2.28. The number of nitrogens with one attached hydrogen (secondary N) is 1. The van der Waals surface area contributed by atoms with Crippen molar-refractivity contribution >= 4 is 28.3 Å². The lowest BCUT2D eigenvalue weighted by atomic mass is 9.87. The Kier molecular flexibility index (Phi) is 3.16. The topological polar surface area (TPSA) is 54.7 Å². The molecule has 4 heteroatoms. The van der Waals surface area contributed by atoms with Crippen molar-refractivity contribution in [2.75, 3.05) is 5.73 Å². The molecule has 1 aromatic carbocycles. The molecule has 3 rings (SSSR count). The zero-order chi connectivity index (χ0) is 12.5. The molecule has 0 aliphatic heterocycles. The normalized spacial score (nSPS) is 17.4. The molecule has 18 heavy (non-hydrogen) atoms. The quantitative estimate of drug-likeness (QED) is 0.807. The molecule has 96 valence electrons. The number of benzene rings is 1. The third-order valence-corrected chi connectivity index (χ3v) is 4.05. The van der Waals surface area contributed by atoms with Crippen LogP contribution in [0.5, 0.6) is 0 Å². The van der Waals surface area contributed by atoms with E-state index < -0.39 is 0 Å². The lowest BCUT2D eigenvalue weighted by Crippen LogP contribution is -2.10. The molecule has 1 fully saturated rings. The van der Waals surface area contributed by atoms with Crippen LogP contribution in [0, 0.1) is 5.92 Å². The van der Waals surface area contributed by atoms with Crippen molar-refractivity contribution in [3.8, 4) is 0 Å². The van der Waals surface area contributed by atoms with Gasteiger partial charge in [-0.25, -0.2) is 4.98 Å². The fraction of sp³-hybridized carbons (Fsp3) is 0.500. The van der Waals surface area contributed by atoms with E-state index in [1.54, 1.807) is 6.07 Å². The molecule has 3 nitrogen and oxygen atoms in total. The number of hydrogen-bond acceptors (Lipinski definition) is 2. The highest BCUT2D eigenvalue weighted by Gasteiger charge is 2.16. The van der Waals surface area contributed by atoms with Crippen molar-refractivity contribution in [1.82, 2.24) is 9.97 Å². The predicted octanol–water partition coefficient (Wildman–Crippen LogP) is 3.92. The van der Waals surface area contributed by atoms with Crippen LogP contribution in [0.3, 0.4) is 0 Å². The Balaban J connectivity index is 1.86. The molecule has 0 radical (unpaired) electrons. The lowest BCUT2D eigenvalue weighted by molar-refractivity contribution is 0.352. The Morgan fingerprint density at radius 1 is 1.28 bits per heavy atom. The van der Waals surface area contributed by atoms with Gasteiger partial charge in [0.25, 0.3) is 0 Å². The monoisotopic (exact) mass is 263 g/mol. The molecule has 1 aromatic heterocycles. The van der Waals surface area contributed by atoms with E-state index in [0.29, 0.717) is 10.7 Å². The second-order valence-corrected chi connectivity index (χ2v) is 5.72. The van der Waals surface area contributed by atoms with E-state index in [0.717, 1.165) is 29.2 Å². The summed E-state index contributed by atoms with van der Waals surface area (Å²) in [4.78, 5) is 7.96. The van der Waals surface area contributed by atoms with E-state index in [9.17, 15) is 0 Å². The molecular weight excluding hydrogens is 246 g/mol. The Morgan fingerprint density at radius 2 is 2.06 bits per heavy atom. The average molecular weight is 264 g/mol. The van der Waals surface area contributed by atoms with Gasteiger partial charge in [0.05, 0.1) is 11.2 Å². The van der Waals surface area contributed by atoms with E-state index in [1.807, 2.05) is 6.07 Å². The summed E-state index contributed by atoms with van der Waals surface area (Å²) in [6.07, 6.45) is 7.79. The minimum atomic E-state index is 0.656. The maximum absolute atomic E-state index is 6.00. The summed E-state index contributed by atoms with van der Waals surface area (Å²) in [6, 6.07) is 3.65. The van der Waals surface area contributed by atoms with Crippen LogP contribution in [0.2, 0.25) is 5.02 Å². The third-order valence-electron chi connectivity index (χ3n) is 3.84. The molecule has 1 heterocycles. The molecule has 0 atom stereocenters. The minimum absolute atomic E-state index is 0.656. The van der Waals surface area contributed by atoms with Crippen LogP contribution in [0.15, 0.2) is 12.1 Å². The fourth-order valence-electron chi connectivity index (χ4n) is 2.92. The Hall–Kier alpha value is -1.22. The van der Waals surface area contributed by atoms with Crippen LogP contribution in [0.1, 0.15) is 37.9 Å². The van der Waals surface area contributed by atoms with Crippen LogP contribution < -0.4 is 5.73 Å². The average Bonchev–Trinajstić information content (AvgIpc) is 2.73. The van der Waals surface area contributed by atoms with E-state index >= 15 is 0 Å². The smallest absolute Gasteiger partial charge is 0.112 e. The summed E-state index contributed by atoms with van der Waals surface area (Å²) in [5.41, 5.74) is 8.39. The van der Waals surface area contributed by atoms with Crippen molar-refractivity contribution in [2.24, 2.45) is 5.92 Å². The second kappa shape index (κ2) is 4.81. The van der Waals surface area contributed by atoms with Gasteiger partial charge in [-0.2, -0.15) is 0 Å². The largest absolute Gasteiger partial charge is 0.397 e. The summed E-state index contributed by atoms with van der Waals surface area (Å²) in [7, 11) is 0. The Bertz CT molecular complexity index is 555. The number of imidazole rings is 1. The summed E-state index contributed by atoms with van der Waals surface area (Å²) < 4.78 is 0. The van der Waals surface area contributed by atoms with E-state index in [-0.39, 0.29) is 0 Å². The molecule has 0 spiro atoms. The molecule has 0 bridgehead atoms. The van der Waals surface area contributed by atoms with Crippen molar-refractivity contribution in [3.63, 3.8) is 0 Å². The van der Waals surface area contributed by atoms with Gasteiger partial charge in [0.15, 0.2) is 0 Å². The SMILES string of the molecule is Nc1cc(Cl)cc2[nH]c(CC3CCCCC3)nc12. The summed E-state index contributed by atoms with van der Waals surface area (Å²) in [5.74, 6) is 1.82. The van der Waals surface area contributed by atoms with Crippen LogP contribution in [0.25, 0.3) is 11.0 Å². The highest BCUT2D eigenvalue weighted by molar-refractivity contribution is 6.31. The van der Waals surface area contributed by atoms with Crippen LogP contribution in [0.4, 0.5) is 5.69 Å². The number of hydrogen-bond donors (Lipinski definition) is 2. The molecule has 1 aliphatic rings. The number of aromatic nitrogens is 2. The summed E-state index contributed by atoms with van der Waals surface area (Å²) in [5, 5.41) is 0.660. The van der Waals surface area contributed by atoms with Gasteiger partial charge in [-0.3, -0.25) is 0 Å². The number of rotatable bonds is 2. The van der Waals surface area contributed by atoms with E-state index in [1.165, 1.54) is 32.1 Å². The zero-order valence-corrected chi connectivity index (χ0v) is 11.1. The number of anilines is 1. The van der Waals surface area contributed by atoms with E-state index in [4.69, 9.17) is 17.3 Å². The molecule has 2 aromatic rings. The third kappa shape index (κ3) is 2.32. The fourth-order valence-corrected chi connectivity index (χ4v) is 3.15. The van der Waals surface area contributed by atoms with Gasteiger partial charge >= 0.3 is 0 Å². The van der Waals surface area contributed by atoms with Gasteiger partial charge in [0, 0.05) is 11.4 Å². The number of nitrogen functional groups attached to an aromatic ring is 1. The molecule has 0 saturated heterocycles. The second-order valence-electron chi connectivity index (χ2n) is 5.28. The first-order chi connectivity index (χ1) is 8.72. The maximum atomic E-state index is 6.00. The van der Waals surface area contributed by atoms with Gasteiger partial charge in [-0.1, -0.05) is 43.7 Å².